The maximum atomic E-state index is 12.5. The van der Waals surface area contributed by atoms with Gasteiger partial charge < -0.3 is 24.4 Å². The highest BCUT2D eigenvalue weighted by Crippen LogP contribution is 2.32. The zero-order valence-corrected chi connectivity index (χ0v) is 14.9. The van der Waals surface area contributed by atoms with Crippen LogP contribution in [0.15, 0.2) is 42.5 Å². The predicted molar refractivity (Wildman–Crippen MR) is 97.9 cm³/mol. The summed E-state index contributed by atoms with van der Waals surface area (Å²) < 4.78 is 15.8. The number of nitrogens with one attached hydrogen (secondary N) is 1. The molecule has 1 fully saturated rings. The molecule has 1 saturated heterocycles. The summed E-state index contributed by atoms with van der Waals surface area (Å²) >= 11 is 0. The molecule has 4 rings (SSSR count). The second-order valence-corrected chi connectivity index (χ2v) is 6.51. The minimum atomic E-state index is -0.377. The van der Waals surface area contributed by atoms with Gasteiger partial charge in [0.1, 0.15) is 5.75 Å². The number of amides is 2. The van der Waals surface area contributed by atoms with Crippen LogP contribution in [0.3, 0.4) is 0 Å². The van der Waals surface area contributed by atoms with E-state index in [9.17, 15) is 9.59 Å². The summed E-state index contributed by atoms with van der Waals surface area (Å²) in [6, 6.07) is 12.8. The van der Waals surface area contributed by atoms with Crippen LogP contribution in [0.25, 0.3) is 0 Å². The van der Waals surface area contributed by atoms with Crippen molar-refractivity contribution < 1.29 is 23.8 Å². The Balaban J connectivity index is 1.37. The first-order chi connectivity index (χ1) is 13.1. The van der Waals surface area contributed by atoms with E-state index in [1.165, 1.54) is 0 Å². The minimum Gasteiger partial charge on any atom is -0.497 e. The molecule has 0 aromatic heterocycles. The second-order valence-electron chi connectivity index (χ2n) is 6.51. The molecule has 27 heavy (non-hydrogen) atoms. The zero-order chi connectivity index (χ0) is 18.8. The van der Waals surface area contributed by atoms with Gasteiger partial charge in [0.15, 0.2) is 11.5 Å². The largest absolute Gasteiger partial charge is 0.497 e. The monoisotopic (exact) mass is 368 g/mol. The van der Waals surface area contributed by atoms with Crippen molar-refractivity contribution in [1.29, 1.82) is 0 Å². The van der Waals surface area contributed by atoms with Crippen molar-refractivity contribution in [3.63, 3.8) is 0 Å². The van der Waals surface area contributed by atoms with Crippen LogP contribution in [-0.2, 0) is 16.1 Å². The van der Waals surface area contributed by atoms with Crippen LogP contribution in [0.4, 0.5) is 5.69 Å². The molecule has 0 saturated carbocycles. The van der Waals surface area contributed by atoms with Gasteiger partial charge in [-0.3, -0.25) is 9.59 Å². The first kappa shape index (κ1) is 17.2. The number of fused-ring (bicyclic) bond motifs is 1. The number of benzene rings is 2. The Morgan fingerprint density at radius 1 is 1.22 bits per heavy atom. The molecule has 2 aliphatic heterocycles. The van der Waals surface area contributed by atoms with Gasteiger partial charge in [-0.15, -0.1) is 0 Å². The van der Waals surface area contributed by atoms with Gasteiger partial charge in [0.25, 0.3) is 0 Å². The van der Waals surface area contributed by atoms with Crippen LogP contribution < -0.4 is 24.4 Å². The lowest BCUT2D eigenvalue weighted by molar-refractivity contribution is -0.126. The van der Waals surface area contributed by atoms with Gasteiger partial charge in [-0.25, -0.2) is 0 Å². The average Bonchev–Trinajstić information content (AvgIpc) is 3.32. The molecule has 2 aromatic rings. The van der Waals surface area contributed by atoms with Crippen LogP contribution in [0, 0.1) is 5.92 Å². The van der Waals surface area contributed by atoms with Gasteiger partial charge in [-0.05, 0) is 29.8 Å². The van der Waals surface area contributed by atoms with E-state index in [1.54, 1.807) is 18.1 Å². The number of methoxy groups -OCH3 is 1. The Morgan fingerprint density at radius 3 is 2.93 bits per heavy atom. The number of anilines is 1. The smallest absolute Gasteiger partial charge is 0.231 e. The highest BCUT2D eigenvalue weighted by atomic mass is 16.7. The van der Waals surface area contributed by atoms with Crippen molar-refractivity contribution in [3.05, 3.63) is 48.0 Å². The molecule has 0 aliphatic carbocycles. The SMILES string of the molecule is COc1cccc(N2C[C@@H](C(=O)NCc3ccc4c(c3)OCO4)CC2=O)c1. The number of carbonyl (C=O) groups excluding carboxylic acids is 2. The molecule has 0 unspecified atom stereocenters. The lowest BCUT2D eigenvalue weighted by Gasteiger charge is -2.17. The van der Waals surface area contributed by atoms with Crippen LogP contribution in [0.5, 0.6) is 17.2 Å². The zero-order valence-electron chi connectivity index (χ0n) is 14.9. The summed E-state index contributed by atoms with van der Waals surface area (Å²) in [4.78, 5) is 26.5. The molecule has 1 N–H and O–H groups in total. The van der Waals surface area contributed by atoms with Crippen molar-refractivity contribution in [2.75, 3.05) is 25.3 Å². The van der Waals surface area contributed by atoms with E-state index >= 15 is 0 Å². The highest BCUT2D eigenvalue weighted by molar-refractivity contribution is 6.00. The van der Waals surface area contributed by atoms with Crippen LogP contribution in [-0.4, -0.2) is 32.3 Å². The normalized spacial score (nSPS) is 17.9. The van der Waals surface area contributed by atoms with Crippen molar-refractivity contribution in [3.8, 4) is 17.2 Å². The molecule has 0 spiro atoms. The molecule has 2 amide bonds. The summed E-state index contributed by atoms with van der Waals surface area (Å²) in [5, 5.41) is 2.91. The molecular weight excluding hydrogens is 348 g/mol. The third kappa shape index (κ3) is 3.53. The van der Waals surface area contributed by atoms with Crippen molar-refractivity contribution >= 4 is 17.5 Å². The van der Waals surface area contributed by atoms with Crippen molar-refractivity contribution in [2.45, 2.75) is 13.0 Å². The van der Waals surface area contributed by atoms with Crippen LogP contribution in [0.2, 0.25) is 0 Å². The van der Waals surface area contributed by atoms with Crippen LogP contribution in [0.1, 0.15) is 12.0 Å². The molecule has 2 aromatic carbocycles. The first-order valence-corrected chi connectivity index (χ1v) is 8.74. The van der Waals surface area contributed by atoms with E-state index in [0.717, 1.165) is 11.3 Å². The average molecular weight is 368 g/mol. The van der Waals surface area contributed by atoms with Crippen molar-refractivity contribution in [1.82, 2.24) is 5.32 Å². The summed E-state index contributed by atoms with van der Waals surface area (Å²) in [5.41, 5.74) is 1.66. The molecule has 0 bridgehead atoms. The summed E-state index contributed by atoms with van der Waals surface area (Å²) in [5.74, 6) is 1.49. The summed E-state index contributed by atoms with van der Waals surface area (Å²) in [6.07, 6.45) is 0.199. The standard InChI is InChI=1S/C20H20N2O5/c1-25-16-4-2-3-15(9-16)22-11-14(8-19(22)23)20(24)21-10-13-5-6-17-18(7-13)27-12-26-17/h2-7,9,14H,8,10-12H2,1H3,(H,21,24)/t14-/m0/s1. The number of ether oxygens (including phenoxy) is 3. The minimum absolute atomic E-state index is 0.0634. The molecule has 1 atom stereocenters. The molecular formula is C20H20N2O5. The lowest BCUT2D eigenvalue weighted by atomic mass is 10.1. The van der Waals surface area contributed by atoms with E-state index in [0.29, 0.717) is 30.3 Å². The lowest BCUT2D eigenvalue weighted by Crippen LogP contribution is -2.32. The Kier molecular flexibility index (Phi) is 4.58. The van der Waals surface area contributed by atoms with E-state index in [-0.39, 0.29) is 30.9 Å². The summed E-state index contributed by atoms with van der Waals surface area (Å²) in [6.45, 7) is 0.952. The van der Waals surface area contributed by atoms with E-state index in [4.69, 9.17) is 14.2 Å². The molecule has 7 heteroatoms. The predicted octanol–water partition coefficient (Wildman–Crippen LogP) is 2.09. The van der Waals surface area contributed by atoms with Gasteiger partial charge in [0.2, 0.25) is 18.6 Å². The number of rotatable bonds is 5. The maximum Gasteiger partial charge on any atom is 0.231 e. The third-order valence-corrected chi connectivity index (χ3v) is 4.76. The third-order valence-electron chi connectivity index (χ3n) is 4.76. The Labute approximate surface area is 156 Å². The molecule has 2 aliphatic rings. The Bertz CT molecular complexity index is 882. The van der Waals surface area contributed by atoms with E-state index < -0.39 is 0 Å². The van der Waals surface area contributed by atoms with Gasteiger partial charge in [-0.1, -0.05) is 12.1 Å². The fourth-order valence-electron chi connectivity index (χ4n) is 3.30. The molecule has 7 nitrogen and oxygen atoms in total. The fraction of sp³-hybridized carbons (Fsp3) is 0.300. The molecule has 2 heterocycles. The number of nitrogens with zero attached hydrogens (tertiary/aromatic N) is 1. The van der Waals surface area contributed by atoms with Gasteiger partial charge in [0, 0.05) is 31.3 Å². The van der Waals surface area contributed by atoms with E-state index in [2.05, 4.69) is 5.32 Å². The second kappa shape index (κ2) is 7.19. The number of carbonyl (C=O) groups is 2. The number of hydrogen-bond donors (Lipinski definition) is 1. The fourth-order valence-corrected chi connectivity index (χ4v) is 3.30. The molecule has 140 valence electrons. The first-order valence-electron chi connectivity index (χ1n) is 8.74. The quantitative estimate of drug-likeness (QED) is 0.875. The van der Waals surface area contributed by atoms with E-state index in [1.807, 2.05) is 36.4 Å². The van der Waals surface area contributed by atoms with Gasteiger partial charge >= 0.3 is 0 Å². The van der Waals surface area contributed by atoms with Crippen LogP contribution >= 0.6 is 0 Å². The summed E-state index contributed by atoms with van der Waals surface area (Å²) in [7, 11) is 1.58. The Hall–Kier alpha value is -3.22. The Morgan fingerprint density at radius 2 is 2.07 bits per heavy atom. The topological polar surface area (TPSA) is 77.1 Å². The van der Waals surface area contributed by atoms with Gasteiger partial charge in [0.05, 0.1) is 13.0 Å². The van der Waals surface area contributed by atoms with Gasteiger partial charge in [-0.2, -0.15) is 0 Å². The highest BCUT2D eigenvalue weighted by Gasteiger charge is 2.35. The van der Waals surface area contributed by atoms with Crippen molar-refractivity contribution in [2.24, 2.45) is 5.92 Å². The molecule has 0 radical (unpaired) electrons. The number of hydrogen-bond acceptors (Lipinski definition) is 5. The maximum absolute atomic E-state index is 12.5.